The second kappa shape index (κ2) is 4.70. The van der Waals surface area contributed by atoms with Crippen LogP contribution >= 0.6 is 0 Å². The van der Waals surface area contributed by atoms with Crippen molar-refractivity contribution in [3.05, 3.63) is 42.3 Å². The second-order valence-corrected chi connectivity index (χ2v) is 3.66. The molecule has 0 amide bonds. The molecule has 0 saturated heterocycles. The zero-order valence-electron chi connectivity index (χ0n) is 8.94. The Morgan fingerprint density at radius 3 is 2.36 bits per heavy atom. The van der Waals surface area contributed by atoms with Gasteiger partial charge >= 0.3 is 0 Å². The van der Waals surface area contributed by atoms with Crippen LogP contribution in [0.5, 0.6) is 0 Å². The smallest absolute Gasteiger partial charge is 0.187 e. The zero-order chi connectivity index (χ0) is 10.6. The van der Waals surface area contributed by atoms with E-state index in [9.17, 15) is 5.11 Å². The minimum atomic E-state index is 0.297. The predicted molar refractivity (Wildman–Crippen MR) is 60.4 cm³/mol. The fourth-order valence-corrected chi connectivity index (χ4v) is 1.19. The first kappa shape index (κ1) is 10.6. The molecule has 1 aromatic carbocycles. The molecule has 0 spiro atoms. The van der Waals surface area contributed by atoms with Gasteiger partial charge in [0.2, 0.25) is 0 Å². The van der Waals surface area contributed by atoms with Crippen molar-refractivity contribution in [2.75, 3.05) is 11.9 Å². The number of aliphatic hydroxyl groups is 1. The van der Waals surface area contributed by atoms with Gasteiger partial charge in [-0.15, -0.1) is 0 Å². The molecule has 2 nitrogen and oxygen atoms in total. The van der Waals surface area contributed by atoms with Crippen molar-refractivity contribution in [3.63, 3.8) is 0 Å². The summed E-state index contributed by atoms with van der Waals surface area (Å²) in [7, 11) is 1.85. The third-order valence-corrected chi connectivity index (χ3v) is 1.97. The van der Waals surface area contributed by atoms with E-state index in [-0.39, 0.29) is 0 Å². The first-order chi connectivity index (χ1) is 6.61. The van der Waals surface area contributed by atoms with E-state index >= 15 is 0 Å². The van der Waals surface area contributed by atoms with E-state index in [0.717, 1.165) is 5.69 Å². The van der Waals surface area contributed by atoms with Gasteiger partial charge in [-0.3, -0.25) is 0 Å². The van der Waals surface area contributed by atoms with E-state index < -0.39 is 0 Å². The molecule has 0 aromatic heterocycles. The molecule has 1 aromatic rings. The third kappa shape index (κ3) is 2.80. The molecule has 14 heavy (non-hydrogen) atoms. The number of nitrogens with zero attached hydrogens (tertiary/aromatic N) is 1. The summed E-state index contributed by atoms with van der Waals surface area (Å²) in [5, 5.41) is 9.73. The molecule has 0 unspecified atom stereocenters. The van der Waals surface area contributed by atoms with E-state index in [1.807, 2.05) is 57.3 Å². The summed E-state index contributed by atoms with van der Waals surface area (Å²) < 4.78 is 0. The van der Waals surface area contributed by atoms with Crippen LogP contribution in [0.1, 0.15) is 13.8 Å². The molecule has 0 atom stereocenters. The monoisotopic (exact) mass is 191 g/mol. The van der Waals surface area contributed by atoms with Crippen LogP contribution in [0.4, 0.5) is 5.69 Å². The standard InChI is InChI=1S/C12H17NO/c1-10(2)9-12(14)13(3)11-7-5-4-6-8-11/h4-10,14H,1-3H3/b12-9+. The van der Waals surface area contributed by atoms with Crippen molar-refractivity contribution in [2.45, 2.75) is 13.8 Å². The molecule has 0 fully saturated rings. The molecule has 76 valence electrons. The van der Waals surface area contributed by atoms with Crippen LogP contribution in [-0.2, 0) is 0 Å². The number of allylic oxidation sites excluding steroid dienone is 1. The highest BCUT2D eigenvalue weighted by atomic mass is 16.3. The number of aliphatic hydroxyl groups excluding tert-OH is 1. The Hall–Kier alpha value is -1.44. The van der Waals surface area contributed by atoms with Gasteiger partial charge in [0.25, 0.3) is 0 Å². The normalized spacial score (nSPS) is 11.9. The van der Waals surface area contributed by atoms with Crippen molar-refractivity contribution < 1.29 is 5.11 Å². The van der Waals surface area contributed by atoms with Crippen molar-refractivity contribution >= 4 is 5.69 Å². The van der Waals surface area contributed by atoms with Crippen LogP contribution < -0.4 is 4.90 Å². The Balaban J connectivity index is 2.81. The van der Waals surface area contributed by atoms with Crippen LogP contribution in [0.2, 0.25) is 0 Å². The zero-order valence-corrected chi connectivity index (χ0v) is 8.94. The third-order valence-electron chi connectivity index (χ3n) is 1.97. The maximum atomic E-state index is 9.73. The van der Waals surface area contributed by atoms with Gasteiger partial charge < -0.3 is 10.0 Å². The maximum Gasteiger partial charge on any atom is 0.187 e. The van der Waals surface area contributed by atoms with Crippen LogP contribution in [0.15, 0.2) is 42.3 Å². The highest BCUT2D eigenvalue weighted by Crippen LogP contribution is 2.15. The molecule has 0 radical (unpaired) electrons. The quantitative estimate of drug-likeness (QED) is 0.742. The highest BCUT2D eigenvalue weighted by molar-refractivity contribution is 5.49. The molecule has 1 N–H and O–H groups in total. The molecule has 2 heteroatoms. The largest absolute Gasteiger partial charge is 0.495 e. The Bertz CT molecular complexity index is 303. The van der Waals surface area contributed by atoms with E-state index in [1.54, 1.807) is 4.90 Å². The SMILES string of the molecule is CC(C)/C=C(/O)N(C)c1ccccc1. The van der Waals surface area contributed by atoms with Gasteiger partial charge in [-0.1, -0.05) is 32.0 Å². The van der Waals surface area contributed by atoms with Crippen molar-refractivity contribution in [3.8, 4) is 0 Å². The number of para-hydroxylation sites is 1. The van der Waals surface area contributed by atoms with E-state index in [2.05, 4.69) is 0 Å². The van der Waals surface area contributed by atoms with E-state index in [0.29, 0.717) is 11.8 Å². The number of hydrogen-bond donors (Lipinski definition) is 1. The van der Waals surface area contributed by atoms with E-state index in [4.69, 9.17) is 0 Å². The molecule has 0 aliphatic rings. The van der Waals surface area contributed by atoms with Crippen molar-refractivity contribution in [1.29, 1.82) is 0 Å². The predicted octanol–water partition coefficient (Wildman–Crippen LogP) is 3.18. The Morgan fingerprint density at radius 1 is 1.29 bits per heavy atom. The summed E-state index contributed by atoms with van der Waals surface area (Å²) in [6.07, 6.45) is 1.83. The molecule has 1 rings (SSSR count). The lowest BCUT2D eigenvalue weighted by Crippen LogP contribution is -2.16. The van der Waals surface area contributed by atoms with Crippen LogP contribution in [0, 0.1) is 5.92 Å². The maximum absolute atomic E-state index is 9.73. The molecule has 0 saturated carbocycles. The topological polar surface area (TPSA) is 23.5 Å². The van der Waals surface area contributed by atoms with Crippen LogP contribution in [-0.4, -0.2) is 12.2 Å². The molecular weight excluding hydrogens is 174 g/mol. The van der Waals surface area contributed by atoms with Gasteiger partial charge in [-0.2, -0.15) is 0 Å². The van der Waals surface area contributed by atoms with Crippen LogP contribution in [0.3, 0.4) is 0 Å². The number of anilines is 1. The first-order valence-corrected chi connectivity index (χ1v) is 4.81. The molecule has 0 aliphatic heterocycles. The van der Waals surface area contributed by atoms with Gasteiger partial charge in [0.05, 0.1) is 0 Å². The summed E-state index contributed by atoms with van der Waals surface area (Å²) in [5.74, 6) is 0.646. The molecular formula is C12H17NO. The summed E-state index contributed by atoms with van der Waals surface area (Å²) in [6.45, 7) is 4.07. The van der Waals surface area contributed by atoms with Crippen molar-refractivity contribution in [2.24, 2.45) is 5.92 Å². The Labute approximate surface area is 85.5 Å². The summed E-state index contributed by atoms with van der Waals surface area (Å²) in [5.41, 5.74) is 0.988. The van der Waals surface area contributed by atoms with Gasteiger partial charge in [0, 0.05) is 12.7 Å². The summed E-state index contributed by atoms with van der Waals surface area (Å²) in [4.78, 5) is 1.76. The fourth-order valence-electron chi connectivity index (χ4n) is 1.19. The number of hydrogen-bond acceptors (Lipinski definition) is 2. The Kier molecular flexibility index (Phi) is 3.57. The number of rotatable bonds is 3. The molecule has 0 aliphatic carbocycles. The molecule has 0 bridgehead atoms. The lowest BCUT2D eigenvalue weighted by Gasteiger charge is -2.18. The summed E-state index contributed by atoms with van der Waals surface area (Å²) in [6, 6.07) is 9.79. The van der Waals surface area contributed by atoms with Gasteiger partial charge in [0.15, 0.2) is 5.88 Å². The molecule has 0 heterocycles. The second-order valence-electron chi connectivity index (χ2n) is 3.66. The van der Waals surface area contributed by atoms with E-state index in [1.165, 1.54) is 0 Å². The number of benzene rings is 1. The first-order valence-electron chi connectivity index (χ1n) is 4.81. The van der Waals surface area contributed by atoms with Gasteiger partial charge in [-0.05, 0) is 24.1 Å². The Morgan fingerprint density at radius 2 is 1.86 bits per heavy atom. The fraction of sp³-hybridized carbons (Fsp3) is 0.333. The lowest BCUT2D eigenvalue weighted by atomic mass is 10.2. The van der Waals surface area contributed by atoms with Crippen molar-refractivity contribution in [1.82, 2.24) is 0 Å². The van der Waals surface area contributed by atoms with Crippen LogP contribution in [0.25, 0.3) is 0 Å². The van der Waals surface area contributed by atoms with Gasteiger partial charge in [-0.25, -0.2) is 0 Å². The minimum Gasteiger partial charge on any atom is -0.495 e. The average molecular weight is 191 g/mol. The lowest BCUT2D eigenvalue weighted by molar-refractivity contribution is 0.391. The highest BCUT2D eigenvalue weighted by Gasteiger charge is 2.04. The average Bonchev–Trinajstić information content (AvgIpc) is 2.17. The summed E-state index contributed by atoms with van der Waals surface area (Å²) >= 11 is 0. The van der Waals surface area contributed by atoms with Gasteiger partial charge in [0.1, 0.15) is 0 Å². The minimum absolute atomic E-state index is 0.297.